The van der Waals surface area contributed by atoms with E-state index in [0.717, 1.165) is 26.1 Å². The highest BCUT2D eigenvalue weighted by molar-refractivity contribution is 5.53. The number of aryl methyl sites for hydroxylation is 1. The number of nitrogens with one attached hydrogen (secondary N) is 1. The summed E-state index contributed by atoms with van der Waals surface area (Å²) in [6.45, 7) is 6.82. The van der Waals surface area contributed by atoms with E-state index in [1.165, 1.54) is 24.2 Å². The molecule has 0 saturated carbocycles. The van der Waals surface area contributed by atoms with Crippen LogP contribution in [0.2, 0.25) is 0 Å². The van der Waals surface area contributed by atoms with E-state index in [1.54, 1.807) is 0 Å². The first kappa shape index (κ1) is 10.5. The van der Waals surface area contributed by atoms with Gasteiger partial charge in [0.15, 0.2) is 0 Å². The van der Waals surface area contributed by atoms with E-state index >= 15 is 0 Å². The predicted molar refractivity (Wildman–Crippen MR) is 65.5 cm³/mol. The zero-order valence-electron chi connectivity index (χ0n) is 9.50. The normalized spacial score (nSPS) is 17.5. The minimum absolute atomic E-state index is 1.11. The number of hydrogen-bond donors (Lipinski definition) is 1. The molecule has 0 bridgehead atoms. The van der Waals surface area contributed by atoms with Gasteiger partial charge in [0, 0.05) is 25.3 Å². The fourth-order valence-corrected chi connectivity index (χ4v) is 2.20. The topological polar surface area (TPSA) is 15.3 Å². The maximum Gasteiger partial charge on any atom is 0.0399 e. The average Bonchev–Trinajstić information content (AvgIpc) is 2.57. The Labute approximate surface area is 92.3 Å². The summed E-state index contributed by atoms with van der Waals surface area (Å²) in [5.74, 6) is 0. The maximum atomic E-state index is 3.44. The minimum atomic E-state index is 1.11. The third-order valence-electron chi connectivity index (χ3n) is 3.05. The first-order valence-corrected chi connectivity index (χ1v) is 5.95. The maximum absolute atomic E-state index is 3.44. The van der Waals surface area contributed by atoms with Gasteiger partial charge in [-0.2, -0.15) is 0 Å². The molecule has 82 valence electrons. The van der Waals surface area contributed by atoms with Crippen LogP contribution in [-0.4, -0.2) is 26.2 Å². The third kappa shape index (κ3) is 2.51. The van der Waals surface area contributed by atoms with E-state index in [2.05, 4.69) is 41.4 Å². The Morgan fingerprint density at radius 3 is 2.93 bits per heavy atom. The van der Waals surface area contributed by atoms with Crippen LogP contribution in [0.3, 0.4) is 0 Å². The molecule has 2 heteroatoms. The second kappa shape index (κ2) is 5.17. The number of para-hydroxylation sites is 1. The SMILES string of the molecule is CCc1ccccc1N1CCCNCC1. The van der Waals surface area contributed by atoms with Crippen molar-refractivity contribution in [1.82, 2.24) is 5.32 Å². The summed E-state index contributed by atoms with van der Waals surface area (Å²) in [6, 6.07) is 8.78. The molecule has 15 heavy (non-hydrogen) atoms. The van der Waals surface area contributed by atoms with E-state index in [1.807, 2.05) is 0 Å². The summed E-state index contributed by atoms with van der Waals surface area (Å²) >= 11 is 0. The Hall–Kier alpha value is -1.02. The Balaban J connectivity index is 2.18. The molecular formula is C13H20N2. The minimum Gasteiger partial charge on any atom is -0.370 e. The van der Waals surface area contributed by atoms with Gasteiger partial charge in [-0.1, -0.05) is 25.1 Å². The van der Waals surface area contributed by atoms with Crippen molar-refractivity contribution < 1.29 is 0 Å². The smallest absolute Gasteiger partial charge is 0.0399 e. The van der Waals surface area contributed by atoms with Crippen LogP contribution < -0.4 is 10.2 Å². The van der Waals surface area contributed by atoms with E-state index < -0.39 is 0 Å². The zero-order chi connectivity index (χ0) is 10.5. The van der Waals surface area contributed by atoms with Gasteiger partial charge in [-0.05, 0) is 31.0 Å². The van der Waals surface area contributed by atoms with Crippen LogP contribution in [0.4, 0.5) is 5.69 Å². The molecule has 1 heterocycles. The Morgan fingerprint density at radius 2 is 2.07 bits per heavy atom. The highest BCUT2D eigenvalue weighted by Crippen LogP contribution is 2.21. The van der Waals surface area contributed by atoms with Crippen LogP contribution >= 0.6 is 0 Å². The Bertz CT molecular complexity index is 301. The van der Waals surface area contributed by atoms with Crippen molar-refractivity contribution >= 4 is 5.69 Å². The number of anilines is 1. The number of benzene rings is 1. The van der Waals surface area contributed by atoms with Crippen molar-refractivity contribution in [3.8, 4) is 0 Å². The van der Waals surface area contributed by atoms with Crippen molar-refractivity contribution in [3.63, 3.8) is 0 Å². The fourth-order valence-electron chi connectivity index (χ4n) is 2.20. The lowest BCUT2D eigenvalue weighted by atomic mass is 10.1. The van der Waals surface area contributed by atoms with E-state index in [0.29, 0.717) is 0 Å². The molecule has 0 radical (unpaired) electrons. The molecule has 0 aromatic heterocycles. The van der Waals surface area contributed by atoms with Gasteiger partial charge >= 0.3 is 0 Å². The summed E-state index contributed by atoms with van der Waals surface area (Å²) in [4.78, 5) is 2.51. The highest BCUT2D eigenvalue weighted by Gasteiger charge is 2.11. The number of hydrogen-bond acceptors (Lipinski definition) is 2. The van der Waals surface area contributed by atoms with Crippen LogP contribution in [0, 0.1) is 0 Å². The van der Waals surface area contributed by atoms with E-state index in [9.17, 15) is 0 Å². The summed E-state index contributed by atoms with van der Waals surface area (Å²) < 4.78 is 0. The Morgan fingerprint density at radius 1 is 1.20 bits per heavy atom. The van der Waals surface area contributed by atoms with Gasteiger partial charge in [-0.3, -0.25) is 0 Å². The van der Waals surface area contributed by atoms with Crippen LogP contribution in [-0.2, 0) is 6.42 Å². The summed E-state index contributed by atoms with van der Waals surface area (Å²) in [5, 5.41) is 3.44. The lowest BCUT2D eigenvalue weighted by Crippen LogP contribution is -2.28. The van der Waals surface area contributed by atoms with Crippen LogP contribution in [0.25, 0.3) is 0 Å². The van der Waals surface area contributed by atoms with E-state index in [4.69, 9.17) is 0 Å². The monoisotopic (exact) mass is 204 g/mol. The van der Waals surface area contributed by atoms with Gasteiger partial charge in [0.2, 0.25) is 0 Å². The van der Waals surface area contributed by atoms with Crippen LogP contribution in [0.5, 0.6) is 0 Å². The standard InChI is InChI=1S/C13H20N2/c1-2-12-6-3-4-7-13(12)15-10-5-8-14-9-11-15/h3-4,6-7,14H,2,5,8-11H2,1H3. The highest BCUT2D eigenvalue weighted by atomic mass is 15.2. The molecular weight excluding hydrogens is 184 g/mol. The molecule has 2 rings (SSSR count). The lowest BCUT2D eigenvalue weighted by Gasteiger charge is -2.24. The van der Waals surface area contributed by atoms with Gasteiger partial charge in [0.05, 0.1) is 0 Å². The van der Waals surface area contributed by atoms with Crippen LogP contribution in [0.1, 0.15) is 18.9 Å². The first-order chi connectivity index (χ1) is 7.42. The van der Waals surface area contributed by atoms with Crippen molar-refractivity contribution in [1.29, 1.82) is 0 Å². The second-order valence-corrected chi connectivity index (χ2v) is 4.07. The van der Waals surface area contributed by atoms with Gasteiger partial charge in [-0.25, -0.2) is 0 Å². The molecule has 1 aliphatic rings. The number of nitrogens with zero attached hydrogens (tertiary/aromatic N) is 1. The molecule has 1 N–H and O–H groups in total. The Kier molecular flexibility index (Phi) is 3.62. The quantitative estimate of drug-likeness (QED) is 0.793. The van der Waals surface area contributed by atoms with Crippen molar-refractivity contribution in [2.24, 2.45) is 0 Å². The van der Waals surface area contributed by atoms with E-state index in [-0.39, 0.29) is 0 Å². The molecule has 0 aliphatic carbocycles. The molecule has 2 nitrogen and oxygen atoms in total. The zero-order valence-corrected chi connectivity index (χ0v) is 9.50. The molecule has 1 fully saturated rings. The number of rotatable bonds is 2. The van der Waals surface area contributed by atoms with Gasteiger partial charge in [-0.15, -0.1) is 0 Å². The van der Waals surface area contributed by atoms with Gasteiger partial charge < -0.3 is 10.2 Å². The molecule has 1 aromatic rings. The fraction of sp³-hybridized carbons (Fsp3) is 0.538. The largest absolute Gasteiger partial charge is 0.370 e. The van der Waals surface area contributed by atoms with Crippen molar-refractivity contribution in [2.45, 2.75) is 19.8 Å². The lowest BCUT2D eigenvalue weighted by molar-refractivity contribution is 0.724. The van der Waals surface area contributed by atoms with Crippen molar-refractivity contribution in [2.75, 3.05) is 31.1 Å². The second-order valence-electron chi connectivity index (χ2n) is 4.07. The first-order valence-electron chi connectivity index (χ1n) is 5.95. The predicted octanol–water partition coefficient (Wildman–Crippen LogP) is 2.05. The third-order valence-corrected chi connectivity index (χ3v) is 3.05. The van der Waals surface area contributed by atoms with Gasteiger partial charge in [0.25, 0.3) is 0 Å². The van der Waals surface area contributed by atoms with Crippen molar-refractivity contribution in [3.05, 3.63) is 29.8 Å². The molecule has 1 saturated heterocycles. The molecule has 0 spiro atoms. The average molecular weight is 204 g/mol. The molecule has 0 amide bonds. The molecule has 0 unspecified atom stereocenters. The summed E-state index contributed by atoms with van der Waals surface area (Å²) in [7, 11) is 0. The van der Waals surface area contributed by atoms with Crippen LogP contribution in [0.15, 0.2) is 24.3 Å². The van der Waals surface area contributed by atoms with Gasteiger partial charge in [0.1, 0.15) is 0 Å². The summed E-state index contributed by atoms with van der Waals surface area (Å²) in [6.07, 6.45) is 2.37. The molecule has 0 atom stereocenters. The molecule has 1 aliphatic heterocycles. The summed E-state index contributed by atoms with van der Waals surface area (Å²) in [5.41, 5.74) is 2.91. The molecule has 1 aromatic carbocycles.